The van der Waals surface area contributed by atoms with Crippen LogP contribution in [0.4, 0.5) is 4.39 Å². The van der Waals surface area contributed by atoms with Gasteiger partial charge in [0.05, 0.1) is 6.54 Å². The van der Waals surface area contributed by atoms with Crippen molar-refractivity contribution in [1.82, 2.24) is 9.47 Å². The van der Waals surface area contributed by atoms with Gasteiger partial charge >= 0.3 is 0 Å². The molecule has 0 aliphatic rings. The number of unbranched alkanes of at least 4 members (excludes halogenated alkanes) is 3. The maximum Gasteiger partial charge on any atom is 0.254 e. The molecule has 0 spiro atoms. The number of aromatic nitrogens is 1. The van der Waals surface area contributed by atoms with Gasteiger partial charge in [-0.2, -0.15) is 0 Å². The molecule has 5 heteroatoms. The summed E-state index contributed by atoms with van der Waals surface area (Å²) in [6.07, 6.45) is 8.74. The van der Waals surface area contributed by atoms with Crippen molar-refractivity contribution in [3.63, 3.8) is 0 Å². The van der Waals surface area contributed by atoms with Crippen molar-refractivity contribution in [1.29, 1.82) is 0 Å². The van der Waals surface area contributed by atoms with Crippen LogP contribution in [0.1, 0.15) is 66.2 Å². The normalized spacial score (nSPS) is 11.0. The molecule has 3 aromatic rings. The second-order valence-electron chi connectivity index (χ2n) is 8.84. The van der Waals surface area contributed by atoms with E-state index in [1.165, 1.54) is 37.3 Å². The number of methoxy groups -OCH3 is 1. The lowest BCUT2D eigenvalue weighted by Gasteiger charge is -2.24. The average molecular weight is 465 g/mol. The molecule has 0 N–H and O–H groups in total. The Morgan fingerprint density at radius 2 is 1.79 bits per heavy atom. The molecule has 0 fully saturated rings. The first-order valence-corrected chi connectivity index (χ1v) is 12.4. The highest BCUT2D eigenvalue weighted by atomic mass is 19.1. The first-order chi connectivity index (χ1) is 16.6. The molecule has 0 radical (unpaired) electrons. The summed E-state index contributed by atoms with van der Waals surface area (Å²) in [5.74, 6) is -0.219. The third-order valence-corrected chi connectivity index (χ3v) is 6.10. The molecular weight excluding hydrogens is 427 g/mol. The monoisotopic (exact) mass is 464 g/mol. The van der Waals surface area contributed by atoms with Crippen molar-refractivity contribution in [2.24, 2.45) is 0 Å². The van der Waals surface area contributed by atoms with E-state index in [0.717, 1.165) is 24.1 Å². The Morgan fingerprint density at radius 3 is 2.53 bits per heavy atom. The van der Waals surface area contributed by atoms with Crippen LogP contribution < -0.4 is 0 Å². The van der Waals surface area contributed by atoms with Gasteiger partial charge in [-0.15, -0.1) is 0 Å². The van der Waals surface area contributed by atoms with Crippen molar-refractivity contribution < 1.29 is 13.9 Å². The van der Waals surface area contributed by atoms with E-state index in [1.807, 2.05) is 41.4 Å². The van der Waals surface area contributed by atoms with Gasteiger partial charge in [-0.25, -0.2) is 4.39 Å². The smallest absolute Gasteiger partial charge is 0.254 e. The minimum absolute atomic E-state index is 0.0205. The molecular formula is C29H37FN2O2. The fourth-order valence-electron chi connectivity index (χ4n) is 4.18. The van der Waals surface area contributed by atoms with Gasteiger partial charge in [0.1, 0.15) is 5.82 Å². The molecule has 2 aromatic carbocycles. The summed E-state index contributed by atoms with van der Waals surface area (Å²) < 4.78 is 20.9. The molecule has 0 aliphatic heterocycles. The van der Waals surface area contributed by atoms with Crippen LogP contribution >= 0.6 is 0 Å². The fourth-order valence-corrected chi connectivity index (χ4v) is 4.18. The third-order valence-electron chi connectivity index (χ3n) is 6.10. The molecule has 4 nitrogen and oxygen atoms in total. The van der Waals surface area contributed by atoms with Crippen molar-refractivity contribution in [2.45, 2.75) is 58.5 Å². The van der Waals surface area contributed by atoms with Gasteiger partial charge in [0.2, 0.25) is 0 Å². The zero-order valence-electron chi connectivity index (χ0n) is 20.5. The predicted octanol–water partition coefficient (Wildman–Crippen LogP) is 6.48. The Hall–Kier alpha value is -2.92. The van der Waals surface area contributed by atoms with Crippen LogP contribution in [-0.4, -0.2) is 35.6 Å². The lowest BCUT2D eigenvalue weighted by molar-refractivity contribution is 0.0720. The Morgan fingerprint density at radius 1 is 0.971 bits per heavy atom. The van der Waals surface area contributed by atoms with E-state index in [2.05, 4.69) is 23.6 Å². The first kappa shape index (κ1) is 25.7. The predicted molar refractivity (Wildman–Crippen MR) is 135 cm³/mol. The first-order valence-electron chi connectivity index (χ1n) is 12.4. The lowest BCUT2D eigenvalue weighted by Crippen LogP contribution is -2.33. The minimum Gasteiger partial charge on any atom is -0.385 e. The van der Waals surface area contributed by atoms with Gasteiger partial charge in [-0.3, -0.25) is 4.79 Å². The van der Waals surface area contributed by atoms with Gasteiger partial charge in [0.25, 0.3) is 5.91 Å². The van der Waals surface area contributed by atoms with Crippen molar-refractivity contribution in [3.05, 3.63) is 95.1 Å². The minimum atomic E-state index is -0.239. The molecule has 0 unspecified atom stereocenters. The number of hydrogen-bond acceptors (Lipinski definition) is 2. The molecule has 3 rings (SSSR count). The van der Waals surface area contributed by atoms with Crippen LogP contribution in [0.25, 0.3) is 0 Å². The number of rotatable bonds is 14. The molecule has 0 bridgehead atoms. The highest BCUT2D eigenvalue weighted by Gasteiger charge is 2.18. The van der Waals surface area contributed by atoms with E-state index >= 15 is 0 Å². The van der Waals surface area contributed by atoms with Crippen LogP contribution in [0.3, 0.4) is 0 Å². The average Bonchev–Trinajstić information content (AvgIpc) is 3.27. The Labute approximate surface area is 203 Å². The molecule has 1 heterocycles. The topological polar surface area (TPSA) is 34.5 Å². The maximum absolute atomic E-state index is 13.6. The molecule has 0 aliphatic carbocycles. The van der Waals surface area contributed by atoms with Crippen molar-refractivity contribution in [3.8, 4) is 0 Å². The van der Waals surface area contributed by atoms with E-state index in [4.69, 9.17) is 4.74 Å². The number of aryl methyl sites for hydroxylation is 1. The van der Waals surface area contributed by atoms with Gasteiger partial charge in [-0.05, 0) is 66.8 Å². The SMILES string of the molecule is CCCCCCc1ccc(C(=O)N(CCCOC)Cc2cccn2Cc2cccc(F)c2)cc1. The van der Waals surface area contributed by atoms with E-state index in [-0.39, 0.29) is 11.7 Å². The number of halogens is 1. The Balaban J connectivity index is 1.69. The summed E-state index contributed by atoms with van der Waals surface area (Å²) in [5.41, 5.74) is 3.90. The summed E-state index contributed by atoms with van der Waals surface area (Å²) in [6, 6.07) is 18.7. The van der Waals surface area contributed by atoms with Crippen molar-refractivity contribution >= 4 is 5.91 Å². The lowest BCUT2D eigenvalue weighted by atomic mass is 10.0. The maximum atomic E-state index is 13.6. The second-order valence-corrected chi connectivity index (χ2v) is 8.84. The summed E-state index contributed by atoms with van der Waals surface area (Å²) in [4.78, 5) is 15.3. The molecule has 0 atom stereocenters. The summed E-state index contributed by atoms with van der Waals surface area (Å²) >= 11 is 0. The van der Waals surface area contributed by atoms with E-state index in [0.29, 0.717) is 31.8 Å². The third kappa shape index (κ3) is 7.84. The number of carbonyl (C=O) groups is 1. The van der Waals surface area contributed by atoms with E-state index in [9.17, 15) is 9.18 Å². The van der Waals surface area contributed by atoms with Crippen LogP contribution in [0.15, 0.2) is 66.9 Å². The largest absolute Gasteiger partial charge is 0.385 e. The van der Waals surface area contributed by atoms with Crippen LogP contribution in [0.2, 0.25) is 0 Å². The van der Waals surface area contributed by atoms with E-state index < -0.39 is 0 Å². The highest BCUT2D eigenvalue weighted by molar-refractivity contribution is 5.94. The zero-order chi connectivity index (χ0) is 24.2. The molecule has 0 saturated carbocycles. The number of nitrogens with zero attached hydrogens (tertiary/aromatic N) is 2. The van der Waals surface area contributed by atoms with E-state index in [1.54, 1.807) is 19.2 Å². The molecule has 34 heavy (non-hydrogen) atoms. The van der Waals surface area contributed by atoms with Crippen LogP contribution in [0.5, 0.6) is 0 Å². The molecule has 1 amide bonds. The molecule has 182 valence electrons. The number of ether oxygens (including phenoxy) is 1. The van der Waals surface area contributed by atoms with Crippen LogP contribution in [0, 0.1) is 5.82 Å². The summed E-state index contributed by atoms with van der Waals surface area (Å²) in [7, 11) is 1.68. The highest BCUT2D eigenvalue weighted by Crippen LogP contribution is 2.16. The number of benzene rings is 2. The Bertz CT molecular complexity index is 1010. The molecule has 1 aromatic heterocycles. The second kappa shape index (κ2) is 13.7. The fraction of sp³-hybridized carbons (Fsp3) is 0.414. The van der Waals surface area contributed by atoms with Gasteiger partial charge in [0, 0.05) is 44.3 Å². The number of carbonyl (C=O) groups excluding carboxylic acids is 1. The van der Waals surface area contributed by atoms with Crippen LogP contribution in [-0.2, 0) is 24.2 Å². The summed E-state index contributed by atoms with van der Waals surface area (Å²) in [5, 5.41) is 0. The molecule has 0 saturated heterocycles. The zero-order valence-corrected chi connectivity index (χ0v) is 20.5. The van der Waals surface area contributed by atoms with Gasteiger partial charge in [0.15, 0.2) is 0 Å². The van der Waals surface area contributed by atoms with Crippen molar-refractivity contribution in [2.75, 3.05) is 20.3 Å². The van der Waals surface area contributed by atoms with Gasteiger partial charge in [-0.1, -0.05) is 50.5 Å². The number of amides is 1. The number of hydrogen-bond donors (Lipinski definition) is 0. The summed E-state index contributed by atoms with van der Waals surface area (Å²) in [6.45, 7) is 4.48. The quantitative estimate of drug-likeness (QED) is 0.256. The Kier molecular flexibility index (Phi) is 10.4. The van der Waals surface area contributed by atoms with Gasteiger partial charge < -0.3 is 14.2 Å². The standard InChI is InChI=1S/C29H37FN2O2/c1-3-4-5-6-10-24-14-16-26(17-15-24)29(33)32(19-9-20-34-2)23-28-13-8-18-31(28)22-25-11-7-12-27(30)21-25/h7-8,11-18,21H,3-6,9-10,19-20,22-23H2,1-2H3.